The van der Waals surface area contributed by atoms with Crippen LogP contribution in [0.2, 0.25) is 0 Å². The third-order valence-corrected chi connectivity index (χ3v) is 2.69. The van der Waals surface area contributed by atoms with Crippen molar-refractivity contribution < 1.29 is 14.3 Å². The first-order chi connectivity index (χ1) is 9.45. The molecule has 0 spiro atoms. The average Bonchev–Trinajstić information content (AvgIpc) is 2.34. The highest BCUT2D eigenvalue weighted by Crippen LogP contribution is 2.11. The van der Waals surface area contributed by atoms with Gasteiger partial charge in [0.15, 0.2) is 5.96 Å². The molecule has 1 unspecified atom stereocenters. The second-order valence-electron chi connectivity index (χ2n) is 4.69. The number of carbonyl (C=O) groups is 2. The molecule has 0 aliphatic rings. The SMILES string of the molecule is CCCCC(=O)OC(CCCCN=C(N)N)CC(N)=O. The summed E-state index contributed by atoms with van der Waals surface area (Å²) in [5, 5.41) is 0. The van der Waals surface area contributed by atoms with Crippen molar-refractivity contribution in [2.75, 3.05) is 6.54 Å². The molecule has 0 aromatic carbocycles. The largest absolute Gasteiger partial charge is 0.462 e. The fraction of sp³-hybridized carbons (Fsp3) is 0.769. The van der Waals surface area contributed by atoms with Crippen molar-refractivity contribution in [1.29, 1.82) is 0 Å². The van der Waals surface area contributed by atoms with Crippen LogP contribution in [0.1, 0.15) is 51.9 Å². The van der Waals surface area contributed by atoms with Gasteiger partial charge in [-0.2, -0.15) is 0 Å². The van der Waals surface area contributed by atoms with Gasteiger partial charge >= 0.3 is 5.97 Å². The van der Waals surface area contributed by atoms with Gasteiger partial charge < -0.3 is 21.9 Å². The predicted octanol–water partition coefficient (Wildman–Crippen LogP) is 0.408. The Hall–Kier alpha value is -1.79. The number of carbonyl (C=O) groups excluding carboxylic acids is 2. The van der Waals surface area contributed by atoms with Gasteiger partial charge in [-0.3, -0.25) is 14.6 Å². The molecule has 7 heteroatoms. The van der Waals surface area contributed by atoms with Crippen molar-refractivity contribution in [3.05, 3.63) is 0 Å². The van der Waals surface area contributed by atoms with Crippen LogP contribution in [0.4, 0.5) is 0 Å². The Morgan fingerprint density at radius 3 is 2.40 bits per heavy atom. The van der Waals surface area contributed by atoms with E-state index in [4.69, 9.17) is 21.9 Å². The molecule has 0 heterocycles. The summed E-state index contributed by atoms with van der Waals surface area (Å²) in [7, 11) is 0. The Balaban J connectivity index is 4.04. The smallest absolute Gasteiger partial charge is 0.306 e. The molecular formula is C13H26N4O3. The minimum Gasteiger partial charge on any atom is -0.462 e. The van der Waals surface area contributed by atoms with Crippen molar-refractivity contribution in [2.45, 2.75) is 58.0 Å². The van der Waals surface area contributed by atoms with Gasteiger partial charge in [-0.25, -0.2) is 0 Å². The van der Waals surface area contributed by atoms with Gasteiger partial charge in [0.1, 0.15) is 6.10 Å². The topological polar surface area (TPSA) is 134 Å². The Morgan fingerprint density at radius 2 is 1.85 bits per heavy atom. The van der Waals surface area contributed by atoms with Crippen molar-refractivity contribution in [3.8, 4) is 0 Å². The second kappa shape index (κ2) is 11.1. The van der Waals surface area contributed by atoms with Crippen LogP contribution in [-0.4, -0.2) is 30.5 Å². The first-order valence-electron chi connectivity index (χ1n) is 6.98. The molecule has 0 aromatic heterocycles. The molecule has 0 radical (unpaired) electrons. The zero-order valence-electron chi connectivity index (χ0n) is 12.1. The number of rotatable bonds is 11. The zero-order valence-corrected chi connectivity index (χ0v) is 12.1. The van der Waals surface area contributed by atoms with Gasteiger partial charge in [-0.05, 0) is 25.7 Å². The number of aliphatic imine (C=N–C) groups is 1. The van der Waals surface area contributed by atoms with Crippen LogP contribution in [0.3, 0.4) is 0 Å². The summed E-state index contributed by atoms with van der Waals surface area (Å²) in [5.41, 5.74) is 15.6. The first kappa shape index (κ1) is 18.2. The standard InChI is InChI=1S/C13H26N4O3/c1-2-3-7-12(19)20-10(9-11(14)18)6-4-5-8-17-13(15)16/h10H,2-9H2,1H3,(H2,14,18)(H4,15,16,17). The highest BCUT2D eigenvalue weighted by Gasteiger charge is 2.16. The number of nitrogens with zero attached hydrogens (tertiary/aromatic N) is 1. The molecule has 0 saturated carbocycles. The lowest BCUT2D eigenvalue weighted by Gasteiger charge is -2.16. The van der Waals surface area contributed by atoms with Crippen molar-refractivity contribution in [1.82, 2.24) is 0 Å². The summed E-state index contributed by atoms with van der Waals surface area (Å²) in [4.78, 5) is 26.4. The van der Waals surface area contributed by atoms with Crippen molar-refractivity contribution in [3.63, 3.8) is 0 Å². The Labute approximate surface area is 119 Å². The molecule has 0 aromatic rings. The van der Waals surface area contributed by atoms with E-state index in [0.717, 1.165) is 25.7 Å². The van der Waals surface area contributed by atoms with E-state index in [9.17, 15) is 9.59 Å². The third-order valence-electron chi connectivity index (χ3n) is 2.69. The van der Waals surface area contributed by atoms with E-state index in [-0.39, 0.29) is 18.3 Å². The minimum absolute atomic E-state index is 0.0557. The monoisotopic (exact) mass is 286 g/mol. The number of primary amides is 1. The predicted molar refractivity (Wildman–Crippen MR) is 77.7 cm³/mol. The van der Waals surface area contributed by atoms with E-state index in [1.54, 1.807) is 0 Å². The Morgan fingerprint density at radius 1 is 1.15 bits per heavy atom. The molecule has 6 N–H and O–H groups in total. The molecule has 20 heavy (non-hydrogen) atoms. The number of amides is 1. The fourth-order valence-corrected chi connectivity index (χ4v) is 1.68. The molecule has 0 saturated heterocycles. The number of hydrogen-bond donors (Lipinski definition) is 3. The van der Waals surface area contributed by atoms with E-state index in [2.05, 4.69) is 4.99 Å². The van der Waals surface area contributed by atoms with Crippen LogP contribution >= 0.6 is 0 Å². The normalized spacial score (nSPS) is 11.7. The summed E-state index contributed by atoms with van der Waals surface area (Å²) in [6.45, 7) is 2.52. The van der Waals surface area contributed by atoms with Gasteiger partial charge in [0.2, 0.25) is 5.91 Å². The Kier molecular flexibility index (Phi) is 10.1. The van der Waals surface area contributed by atoms with Crippen LogP contribution in [0, 0.1) is 0 Å². The van der Waals surface area contributed by atoms with E-state index in [0.29, 0.717) is 19.4 Å². The van der Waals surface area contributed by atoms with E-state index in [1.165, 1.54) is 0 Å². The summed E-state index contributed by atoms with van der Waals surface area (Å²) < 4.78 is 5.27. The van der Waals surface area contributed by atoms with E-state index >= 15 is 0 Å². The lowest BCUT2D eigenvalue weighted by molar-refractivity contribution is -0.150. The van der Waals surface area contributed by atoms with Crippen molar-refractivity contribution in [2.24, 2.45) is 22.2 Å². The van der Waals surface area contributed by atoms with Crippen LogP contribution in [0.25, 0.3) is 0 Å². The number of ether oxygens (including phenoxy) is 1. The van der Waals surface area contributed by atoms with Gasteiger partial charge in [0.25, 0.3) is 0 Å². The number of esters is 1. The maximum absolute atomic E-state index is 11.5. The maximum Gasteiger partial charge on any atom is 0.306 e. The highest BCUT2D eigenvalue weighted by molar-refractivity contribution is 5.76. The number of unbranched alkanes of at least 4 members (excludes halogenated alkanes) is 2. The molecule has 7 nitrogen and oxygen atoms in total. The minimum atomic E-state index is -0.470. The van der Waals surface area contributed by atoms with Crippen LogP contribution < -0.4 is 17.2 Å². The first-order valence-corrected chi connectivity index (χ1v) is 6.98. The molecule has 0 bridgehead atoms. The molecule has 116 valence electrons. The van der Waals surface area contributed by atoms with Crippen LogP contribution in [0.15, 0.2) is 4.99 Å². The van der Waals surface area contributed by atoms with Gasteiger partial charge in [0, 0.05) is 13.0 Å². The van der Waals surface area contributed by atoms with Gasteiger partial charge in [-0.15, -0.1) is 0 Å². The maximum atomic E-state index is 11.5. The molecule has 0 aliphatic carbocycles. The summed E-state index contributed by atoms with van der Waals surface area (Å²) in [6.07, 6.45) is 3.80. The molecule has 0 aliphatic heterocycles. The molecule has 1 atom stereocenters. The molecule has 0 rings (SSSR count). The van der Waals surface area contributed by atoms with Crippen molar-refractivity contribution >= 4 is 17.8 Å². The summed E-state index contributed by atoms with van der Waals surface area (Å²) in [6, 6.07) is 0. The Bertz CT molecular complexity index is 328. The van der Waals surface area contributed by atoms with Crippen LogP contribution in [-0.2, 0) is 14.3 Å². The average molecular weight is 286 g/mol. The quantitative estimate of drug-likeness (QED) is 0.219. The van der Waals surface area contributed by atoms with Gasteiger partial charge in [0.05, 0.1) is 6.42 Å². The van der Waals surface area contributed by atoms with E-state index in [1.807, 2.05) is 6.92 Å². The van der Waals surface area contributed by atoms with Gasteiger partial charge in [-0.1, -0.05) is 13.3 Å². The summed E-state index contributed by atoms with van der Waals surface area (Å²) in [5.74, 6) is -0.686. The summed E-state index contributed by atoms with van der Waals surface area (Å²) >= 11 is 0. The fourth-order valence-electron chi connectivity index (χ4n) is 1.68. The third kappa shape index (κ3) is 11.3. The molecule has 0 fully saturated rings. The zero-order chi connectivity index (χ0) is 15.4. The molecule has 1 amide bonds. The second-order valence-corrected chi connectivity index (χ2v) is 4.69. The number of guanidine groups is 1. The number of nitrogens with two attached hydrogens (primary N) is 3. The van der Waals surface area contributed by atoms with Crippen LogP contribution in [0.5, 0.6) is 0 Å². The van der Waals surface area contributed by atoms with E-state index < -0.39 is 12.0 Å². The number of hydrogen-bond acceptors (Lipinski definition) is 4. The lowest BCUT2D eigenvalue weighted by atomic mass is 10.1. The molecular weight excluding hydrogens is 260 g/mol. The lowest BCUT2D eigenvalue weighted by Crippen LogP contribution is -2.25. The highest BCUT2D eigenvalue weighted by atomic mass is 16.5.